The number of nitrogens with zero attached hydrogens (tertiary/aromatic N) is 4. The second kappa shape index (κ2) is 9.39. The highest BCUT2D eigenvalue weighted by Gasteiger charge is 2.14. The van der Waals surface area contributed by atoms with Gasteiger partial charge in [0.15, 0.2) is 5.65 Å². The minimum absolute atomic E-state index is 0.180. The Bertz CT molecular complexity index is 1790. The second-order valence-electron chi connectivity index (χ2n) is 8.62. The van der Waals surface area contributed by atoms with Gasteiger partial charge in [-0.15, -0.1) is 0 Å². The molecular formula is C31H22N4O. The van der Waals surface area contributed by atoms with Gasteiger partial charge in [0.05, 0.1) is 5.69 Å². The lowest BCUT2D eigenvalue weighted by Gasteiger charge is -2.12. The van der Waals surface area contributed by atoms with Crippen molar-refractivity contribution in [3.8, 4) is 5.69 Å². The van der Waals surface area contributed by atoms with Crippen molar-refractivity contribution in [2.24, 2.45) is 0 Å². The Balaban J connectivity index is 1.41. The zero-order valence-electron chi connectivity index (χ0n) is 19.5. The average molecular weight is 467 g/mol. The van der Waals surface area contributed by atoms with E-state index in [9.17, 15) is 4.79 Å². The third kappa shape index (κ3) is 4.30. The van der Waals surface area contributed by atoms with Gasteiger partial charge < -0.3 is 0 Å². The van der Waals surface area contributed by atoms with E-state index in [1.807, 2.05) is 60.7 Å². The standard InChI is InChI=1S/C31H22N4O/c36-31-29(20-24-7-4-16-32-21-24)34-28-11-5-17-33-30(28)35(31)27-10-3-6-22(19-27)12-13-23-14-15-25-8-1-2-9-26(25)18-23/h1-19,21H,20H2. The first kappa shape index (κ1) is 21.6. The monoisotopic (exact) mass is 466 g/mol. The van der Waals surface area contributed by atoms with Crippen LogP contribution in [0.1, 0.15) is 22.4 Å². The predicted octanol–water partition coefficient (Wildman–Crippen LogP) is 6.09. The van der Waals surface area contributed by atoms with Crippen LogP contribution in [0.15, 0.2) is 114 Å². The Morgan fingerprint density at radius 3 is 2.44 bits per heavy atom. The lowest BCUT2D eigenvalue weighted by molar-refractivity contribution is 0.924. The van der Waals surface area contributed by atoms with E-state index in [0.29, 0.717) is 23.3 Å². The van der Waals surface area contributed by atoms with Crippen molar-refractivity contribution in [1.29, 1.82) is 0 Å². The lowest BCUT2D eigenvalue weighted by Crippen LogP contribution is -2.25. The maximum Gasteiger partial charge on any atom is 0.278 e. The Kier molecular flexibility index (Phi) is 5.64. The van der Waals surface area contributed by atoms with Crippen LogP contribution in [0.2, 0.25) is 0 Å². The zero-order valence-corrected chi connectivity index (χ0v) is 19.5. The molecule has 0 N–H and O–H groups in total. The fourth-order valence-electron chi connectivity index (χ4n) is 4.39. The summed E-state index contributed by atoms with van der Waals surface area (Å²) in [5.41, 5.74) is 5.28. The molecule has 0 unspecified atom stereocenters. The van der Waals surface area contributed by atoms with Crippen molar-refractivity contribution in [1.82, 2.24) is 19.5 Å². The summed E-state index contributed by atoms with van der Waals surface area (Å²) in [7, 11) is 0. The third-order valence-electron chi connectivity index (χ3n) is 6.15. The summed E-state index contributed by atoms with van der Waals surface area (Å²) in [4.78, 5) is 26.9. The molecule has 0 bridgehead atoms. The average Bonchev–Trinajstić information content (AvgIpc) is 2.93. The van der Waals surface area contributed by atoms with Gasteiger partial charge in [-0.05, 0) is 63.9 Å². The van der Waals surface area contributed by atoms with Crippen molar-refractivity contribution < 1.29 is 0 Å². The molecule has 6 rings (SSSR count). The number of fused-ring (bicyclic) bond motifs is 2. The van der Waals surface area contributed by atoms with E-state index in [2.05, 4.69) is 57.4 Å². The van der Waals surface area contributed by atoms with Crippen LogP contribution in [0.4, 0.5) is 0 Å². The summed E-state index contributed by atoms with van der Waals surface area (Å²) in [5.74, 6) is 0. The van der Waals surface area contributed by atoms with E-state index in [-0.39, 0.29) is 5.56 Å². The molecule has 3 aromatic heterocycles. The Morgan fingerprint density at radius 2 is 1.58 bits per heavy atom. The Hall–Kier alpha value is -4.90. The van der Waals surface area contributed by atoms with E-state index < -0.39 is 0 Å². The highest BCUT2D eigenvalue weighted by molar-refractivity contribution is 5.86. The lowest BCUT2D eigenvalue weighted by atomic mass is 10.1. The minimum Gasteiger partial charge on any atom is -0.267 e. The molecule has 5 heteroatoms. The van der Waals surface area contributed by atoms with Crippen LogP contribution < -0.4 is 5.56 Å². The first-order valence-corrected chi connectivity index (χ1v) is 11.8. The Morgan fingerprint density at radius 1 is 0.750 bits per heavy atom. The number of hydrogen-bond donors (Lipinski definition) is 0. The first-order valence-electron chi connectivity index (χ1n) is 11.8. The van der Waals surface area contributed by atoms with E-state index >= 15 is 0 Å². The molecule has 172 valence electrons. The summed E-state index contributed by atoms with van der Waals surface area (Å²) in [6, 6.07) is 30.2. The van der Waals surface area contributed by atoms with Crippen LogP contribution in [0.3, 0.4) is 0 Å². The molecule has 0 aliphatic heterocycles. The van der Waals surface area contributed by atoms with E-state index in [4.69, 9.17) is 0 Å². The van der Waals surface area contributed by atoms with Gasteiger partial charge in [-0.2, -0.15) is 0 Å². The summed E-state index contributed by atoms with van der Waals surface area (Å²) < 4.78 is 1.65. The topological polar surface area (TPSA) is 60.7 Å². The molecule has 0 radical (unpaired) electrons. The highest BCUT2D eigenvalue weighted by Crippen LogP contribution is 2.20. The number of pyridine rings is 2. The molecule has 0 atom stereocenters. The van der Waals surface area contributed by atoms with Crippen LogP contribution in [-0.4, -0.2) is 19.5 Å². The van der Waals surface area contributed by atoms with Crippen LogP contribution in [-0.2, 0) is 6.42 Å². The molecule has 0 saturated heterocycles. The molecule has 0 fully saturated rings. The summed E-state index contributed by atoms with van der Waals surface area (Å²) in [5, 5.41) is 2.42. The predicted molar refractivity (Wildman–Crippen MR) is 145 cm³/mol. The molecule has 0 aliphatic carbocycles. The van der Waals surface area contributed by atoms with Gasteiger partial charge in [-0.3, -0.25) is 14.3 Å². The fourth-order valence-corrected chi connectivity index (χ4v) is 4.39. The van der Waals surface area contributed by atoms with Gasteiger partial charge in [-0.1, -0.05) is 66.7 Å². The van der Waals surface area contributed by atoms with Crippen LogP contribution in [0, 0.1) is 0 Å². The zero-order chi connectivity index (χ0) is 24.3. The molecule has 3 aromatic carbocycles. The number of rotatable bonds is 5. The molecule has 0 saturated carbocycles. The van der Waals surface area contributed by atoms with Crippen LogP contribution in [0.25, 0.3) is 39.8 Å². The molecule has 0 amide bonds. The van der Waals surface area contributed by atoms with Gasteiger partial charge in [0.2, 0.25) is 0 Å². The van der Waals surface area contributed by atoms with Gasteiger partial charge in [0.25, 0.3) is 5.56 Å². The SMILES string of the molecule is O=c1c(Cc2cccnc2)nc2cccnc2n1-c1cccc(C=Cc2ccc3ccccc3c2)c1. The van der Waals surface area contributed by atoms with E-state index in [0.717, 1.165) is 22.4 Å². The number of hydrogen-bond acceptors (Lipinski definition) is 4. The van der Waals surface area contributed by atoms with Gasteiger partial charge >= 0.3 is 0 Å². The van der Waals surface area contributed by atoms with E-state index in [1.165, 1.54) is 10.8 Å². The molecule has 3 heterocycles. The second-order valence-corrected chi connectivity index (χ2v) is 8.62. The van der Waals surface area contributed by atoms with Crippen molar-refractivity contribution in [2.75, 3.05) is 0 Å². The third-order valence-corrected chi connectivity index (χ3v) is 6.15. The van der Waals surface area contributed by atoms with Gasteiger partial charge in [0, 0.05) is 25.0 Å². The van der Waals surface area contributed by atoms with Gasteiger partial charge in [0.1, 0.15) is 11.2 Å². The number of benzene rings is 3. The fraction of sp³-hybridized carbons (Fsp3) is 0.0323. The molecule has 36 heavy (non-hydrogen) atoms. The maximum atomic E-state index is 13.6. The Labute approximate surface area is 208 Å². The summed E-state index contributed by atoms with van der Waals surface area (Å²) >= 11 is 0. The summed E-state index contributed by atoms with van der Waals surface area (Å²) in [6.07, 6.45) is 9.72. The van der Waals surface area contributed by atoms with Crippen molar-refractivity contribution in [2.45, 2.75) is 6.42 Å². The molecular weight excluding hydrogens is 444 g/mol. The highest BCUT2D eigenvalue weighted by atomic mass is 16.1. The number of aromatic nitrogens is 4. The van der Waals surface area contributed by atoms with E-state index in [1.54, 1.807) is 23.2 Å². The molecule has 0 aliphatic rings. The molecule has 0 spiro atoms. The first-order chi connectivity index (χ1) is 17.7. The van der Waals surface area contributed by atoms with Crippen LogP contribution in [0.5, 0.6) is 0 Å². The normalized spacial score (nSPS) is 11.4. The summed E-state index contributed by atoms with van der Waals surface area (Å²) in [6.45, 7) is 0. The molecule has 5 nitrogen and oxygen atoms in total. The van der Waals surface area contributed by atoms with Crippen molar-refractivity contribution >= 4 is 34.1 Å². The van der Waals surface area contributed by atoms with Crippen molar-refractivity contribution in [3.05, 3.63) is 142 Å². The van der Waals surface area contributed by atoms with Crippen LogP contribution >= 0.6 is 0 Å². The maximum absolute atomic E-state index is 13.6. The minimum atomic E-state index is -0.180. The molecule has 6 aromatic rings. The largest absolute Gasteiger partial charge is 0.278 e. The van der Waals surface area contributed by atoms with Gasteiger partial charge in [-0.25, -0.2) is 9.97 Å². The smallest absolute Gasteiger partial charge is 0.267 e. The quantitative estimate of drug-likeness (QED) is 0.289. The van der Waals surface area contributed by atoms with Crippen molar-refractivity contribution in [3.63, 3.8) is 0 Å².